The van der Waals surface area contributed by atoms with Crippen molar-refractivity contribution < 1.29 is 9.47 Å². The molecule has 1 N–H and O–H groups in total. The Kier molecular flexibility index (Phi) is 6.08. The molecule has 1 aromatic heterocycles. The lowest BCUT2D eigenvalue weighted by molar-refractivity contribution is 0.256. The summed E-state index contributed by atoms with van der Waals surface area (Å²) < 4.78 is 11.2. The van der Waals surface area contributed by atoms with Crippen molar-refractivity contribution in [1.82, 2.24) is 5.32 Å². The first-order valence-electron chi connectivity index (χ1n) is 7.22. The van der Waals surface area contributed by atoms with Gasteiger partial charge in [0, 0.05) is 18.0 Å². The Morgan fingerprint density at radius 2 is 2.00 bits per heavy atom. The molecule has 0 spiro atoms. The molecule has 4 heteroatoms. The van der Waals surface area contributed by atoms with Gasteiger partial charge in [0.2, 0.25) is 0 Å². The zero-order valence-corrected chi connectivity index (χ0v) is 13.7. The minimum absolute atomic E-state index is 0.502. The van der Waals surface area contributed by atoms with Gasteiger partial charge >= 0.3 is 0 Å². The summed E-state index contributed by atoms with van der Waals surface area (Å²) in [7, 11) is 1.68. The summed E-state index contributed by atoms with van der Waals surface area (Å²) in [5.74, 6) is 2.11. The van der Waals surface area contributed by atoms with E-state index >= 15 is 0 Å². The molecule has 0 saturated carbocycles. The number of hydrogen-bond donors (Lipinski definition) is 1. The highest BCUT2D eigenvalue weighted by molar-refractivity contribution is 7.09. The zero-order chi connectivity index (χ0) is 15.1. The maximum absolute atomic E-state index is 5.76. The van der Waals surface area contributed by atoms with Crippen LogP contribution >= 0.6 is 11.3 Å². The van der Waals surface area contributed by atoms with Crippen LogP contribution in [0.5, 0.6) is 11.5 Å². The van der Waals surface area contributed by atoms with Gasteiger partial charge in [0.25, 0.3) is 0 Å². The van der Waals surface area contributed by atoms with Crippen molar-refractivity contribution in [1.29, 1.82) is 0 Å². The summed E-state index contributed by atoms with van der Waals surface area (Å²) >= 11 is 1.77. The summed E-state index contributed by atoms with van der Waals surface area (Å²) in [5.41, 5.74) is 1.19. The lowest BCUT2D eigenvalue weighted by atomic mass is 10.2. The zero-order valence-electron chi connectivity index (χ0n) is 12.9. The lowest BCUT2D eigenvalue weighted by Gasteiger charge is -2.13. The predicted octanol–water partition coefficient (Wildman–Crippen LogP) is 4.08. The van der Waals surface area contributed by atoms with Crippen molar-refractivity contribution in [3.05, 3.63) is 46.2 Å². The Bertz CT molecular complexity index is 538. The molecule has 0 fully saturated rings. The molecule has 1 heterocycles. The van der Waals surface area contributed by atoms with Crippen LogP contribution in [0.1, 0.15) is 24.3 Å². The maximum atomic E-state index is 5.76. The fourth-order valence-corrected chi connectivity index (χ4v) is 2.62. The van der Waals surface area contributed by atoms with Crippen LogP contribution in [0.25, 0.3) is 0 Å². The molecule has 0 atom stereocenters. The molecule has 0 amide bonds. The Hall–Kier alpha value is -1.52. The molecule has 0 saturated heterocycles. The van der Waals surface area contributed by atoms with E-state index in [2.05, 4.69) is 42.7 Å². The monoisotopic (exact) mass is 305 g/mol. The molecule has 1 aromatic carbocycles. The Labute approximate surface area is 130 Å². The normalized spacial score (nSPS) is 10.9. The Morgan fingerprint density at radius 3 is 2.67 bits per heavy atom. The van der Waals surface area contributed by atoms with Crippen molar-refractivity contribution in [3.63, 3.8) is 0 Å². The minimum Gasteiger partial charge on any atom is -0.493 e. The number of methoxy groups -OCH3 is 1. The number of ether oxygens (including phenoxy) is 2. The Balaban J connectivity index is 1.91. The molecule has 114 valence electrons. The summed E-state index contributed by atoms with van der Waals surface area (Å²) in [4.78, 5) is 1.35. The second kappa shape index (κ2) is 8.05. The van der Waals surface area contributed by atoms with E-state index in [1.807, 2.05) is 12.1 Å². The maximum Gasteiger partial charge on any atom is 0.161 e. The third-order valence-corrected chi connectivity index (χ3v) is 3.89. The van der Waals surface area contributed by atoms with Gasteiger partial charge in [0.05, 0.1) is 13.7 Å². The molecule has 0 aliphatic heterocycles. The van der Waals surface area contributed by atoms with Crippen molar-refractivity contribution in [3.8, 4) is 11.5 Å². The third kappa shape index (κ3) is 5.06. The highest BCUT2D eigenvalue weighted by atomic mass is 32.1. The van der Waals surface area contributed by atoms with E-state index in [1.54, 1.807) is 18.4 Å². The van der Waals surface area contributed by atoms with Gasteiger partial charge in [0.15, 0.2) is 11.5 Å². The molecule has 0 aliphatic rings. The summed E-state index contributed by atoms with van der Waals surface area (Å²) in [6.07, 6.45) is 0. The molecule has 0 unspecified atom stereocenters. The van der Waals surface area contributed by atoms with E-state index in [4.69, 9.17) is 9.47 Å². The third-order valence-electron chi connectivity index (χ3n) is 3.01. The average Bonchev–Trinajstić information content (AvgIpc) is 2.98. The van der Waals surface area contributed by atoms with Crippen LogP contribution in [-0.2, 0) is 13.1 Å². The number of thiophene rings is 1. The Morgan fingerprint density at radius 1 is 1.14 bits per heavy atom. The van der Waals surface area contributed by atoms with Gasteiger partial charge in [-0.2, -0.15) is 0 Å². The van der Waals surface area contributed by atoms with Crippen LogP contribution in [0, 0.1) is 5.92 Å². The molecule has 21 heavy (non-hydrogen) atoms. The minimum atomic E-state index is 0.502. The van der Waals surface area contributed by atoms with E-state index in [0.29, 0.717) is 12.5 Å². The van der Waals surface area contributed by atoms with Gasteiger partial charge in [-0.1, -0.05) is 26.0 Å². The molecule has 0 radical (unpaired) electrons. The van der Waals surface area contributed by atoms with Crippen LogP contribution < -0.4 is 14.8 Å². The number of hydrogen-bond acceptors (Lipinski definition) is 4. The SMILES string of the molecule is COc1cc(CNCc2cccs2)ccc1OCC(C)C. The lowest BCUT2D eigenvalue weighted by Crippen LogP contribution is -2.12. The van der Waals surface area contributed by atoms with Gasteiger partial charge in [-0.3, -0.25) is 0 Å². The summed E-state index contributed by atoms with van der Waals surface area (Å²) in [6.45, 7) is 6.68. The molecule has 2 rings (SSSR count). The molecule has 0 aliphatic carbocycles. The van der Waals surface area contributed by atoms with Crippen LogP contribution in [0.15, 0.2) is 35.7 Å². The van der Waals surface area contributed by atoms with Gasteiger partial charge in [-0.15, -0.1) is 11.3 Å². The quantitative estimate of drug-likeness (QED) is 0.797. The second-order valence-electron chi connectivity index (χ2n) is 5.37. The second-order valence-corrected chi connectivity index (χ2v) is 6.41. The van der Waals surface area contributed by atoms with E-state index in [1.165, 1.54) is 10.4 Å². The van der Waals surface area contributed by atoms with E-state index < -0.39 is 0 Å². The fourth-order valence-electron chi connectivity index (χ4n) is 1.94. The molecule has 2 aromatic rings. The number of nitrogens with one attached hydrogen (secondary N) is 1. The van der Waals surface area contributed by atoms with E-state index in [0.717, 1.165) is 24.6 Å². The van der Waals surface area contributed by atoms with Gasteiger partial charge in [0.1, 0.15) is 0 Å². The van der Waals surface area contributed by atoms with E-state index in [-0.39, 0.29) is 0 Å². The largest absolute Gasteiger partial charge is 0.493 e. The molecule has 0 bridgehead atoms. The number of rotatable bonds is 8. The van der Waals surface area contributed by atoms with E-state index in [9.17, 15) is 0 Å². The first-order chi connectivity index (χ1) is 10.2. The molecular formula is C17H23NO2S. The van der Waals surface area contributed by atoms with Gasteiger partial charge in [-0.25, -0.2) is 0 Å². The van der Waals surface area contributed by atoms with Crippen molar-refractivity contribution in [2.75, 3.05) is 13.7 Å². The highest BCUT2D eigenvalue weighted by Crippen LogP contribution is 2.28. The van der Waals surface area contributed by atoms with Gasteiger partial charge < -0.3 is 14.8 Å². The van der Waals surface area contributed by atoms with Crippen molar-refractivity contribution in [2.45, 2.75) is 26.9 Å². The predicted molar refractivity (Wildman–Crippen MR) is 88.2 cm³/mol. The van der Waals surface area contributed by atoms with Crippen molar-refractivity contribution in [2.24, 2.45) is 5.92 Å². The molecule has 3 nitrogen and oxygen atoms in total. The highest BCUT2D eigenvalue weighted by Gasteiger charge is 2.07. The van der Waals surface area contributed by atoms with Crippen LogP contribution in [0.2, 0.25) is 0 Å². The number of benzene rings is 1. The average molecular weight is 305 g/mol. The standard InChI is InChI=1S/C17H23NO2S/c1-13(2)12-20-16-7-6-14(9-17(16)19-3)10-18-11-15-5-4-8-21-15/h4-9,13,18H,10-12H2,1-3H3. The van der Waals surface area contributed by atoms with Crippen molar-refractivity contribution >= 4 is 11.3 Å². The fraction of sp³-hybridized carbons (Fsp3) is 0.412. The summed E-state index contributed by atoms with van der Waals surface area (Å²) in [6, 6.07) is 10.3. The first-order valence-corrected chi connectivity index (χ1v) is 8.10. The summed E-state index contributed by atoms with van der Waals surface area (Å²) in [5, 5.41) is 5.54. The topological polar surface area (TPSA) is 30.5 Å². The first kappa shape index (κ1) is 15.9. The smallest absolute Gasteiger partial charge is 0.161 e. The van der Waals surface area contributed by atoms with Gasteiger partial charge in [-0.05, 0) is 35.1 Å². The molecular weight excluding hydrogens is 282 g/mol. The van der Waals surface area contributed by atoms with Crippen LogP contribution in [-0.4, -0.2) is 13.7 Å². The van der Waals surface area contributed by atoms with Crippen LogP contribution in [0.3, 0.4) is 0 Å². The van der Waals surface area contributed by atoms with Crippen LogP contribution in [0.4, 0.5) is 0 Å².